The monoisotopic (exact) mass is 317 g/mol. The maximum atomic E-state index is 13.0. The maximum absolute atomic E-state index is 13.0. The molecule has 2 aromatic rings. The minimum Gasteiger partial charge on any atom is -0.496 e. The summed E-state index contributed by atoms with van der Waals surface area (Å²) in [6.07, 6.45) is 1.76. The van der Waals surface area contributed by atoms with Gasteiger partial charge in [-0.15, -0.1) is 0 Å². The first-order valence-corrected chi connectivity index (χ1v) is 8.73. The van der Waals surface area contributed by atoms with E-state index >= 15 is 0 Å². The molecule has 0 unspecified atom stereocenters. The van der Waals surface area contributed by atoms with E-state index in [4.69, 9.17) is 4.74 Å². The standard InChI is InChI=1S/C17H19NO3S/c1-13-12-15(9-10-17(13)21-2)22(19,20)18-11-5-7-14-6-3-4-8-16(14)18/h3-4,6,8-10,12H,5,7,11H2,1-2H3. The van der Waals surface area contributed by atoms with Gasteiger partial charge >= 0.3 is 0 Å². The topological polar surface area (TPSA) is 46.6 Å². The average molecular weight is 317 g/mol. The Labute approximate surface area is 131 Å². The fourth-order valence-electron chi connectivity index (χ4n) is 2.89. The Hall–Kier alpha value is -2.01. The third-order valence-electron chi connectivity index (χ3n) is 4.02. The van der Waals surface area contributed by atoms with Crippen molar-refractivity contribution >= 4 is 15.7 Å². The molecule has 0 saturated heterocycles. The molecular weight excluding hydrogens is 298 g/mol. The van der Waals surface area contributed by atoms with Crippen LogP contribution in [0.4, 0.5) is 5.69 Å². The van der Waals surface area contributed by atoms with Gasteiger partial charge in [0, 0.05) is 6.54 Å². The lowest BCUT2D eigenvalue weighted by molar-refractivity contribution is 0.411. The molecule has 0 atom stereocenters. The number of ether oxygens (including phenoxy) is 1. The summed E-state index contributed by atoms with van der Waals surface area (Å²) >= 11 is 0. The third-order valence-corrected chi connectivity index (χ3v) is 5.83. The molecule has 0 N–H and O–H groups in total. The van der Waals surface area contributed by atoms with Crippen LogP contribution < -0.4 is 9.04 Å². The van der Waals surface area contributed by atoms with Crippen molar-refractivity contribution in [3.05, 3.63) is 53.6 Å². The smallest absolute Gasteiger partial charge is 0.264 e. The summed E-state index contributed by atoms with van der Waals surface area (Å²) in [5, 5.41) is 0. The normalized spacial score (nSPS) is 14.5. The van der Waals surface area contributed by atoms with E-state index < -0.39 is 10.0 Å². The second-order valence-corrected chi connectivity index (χ2v) is 7.30. The Balaban J connectivity index is 2.06. The van der Waals surface area contributed by atoms with Gasteiger partial charge in [-0.3, -0.25) is 4.31 Å². The van der Waals surface area contributed by atoms with Crippen LogP contribution in [-0.2, 0) is 16.4 Å². The van der Waals surface area contributed by atoms with E-state index in [0.717, 1.165) is 29.7 Å². The Morgan fingerprint density at radius 2 is 1.91 bits per heavy atom. The van der Waals surface area contributed by atoms with Crippen molar-refractivity contribution < 1.29 is 13.2 Å². The third kappa shape index (κ3) is 2.46. The predicted molar refractivity (Wildman–Crippen MR) is 87.0 cm³/mol. The van der Waals surface area contributed by atoms with Crippen molar-refractivity contribution in [2.24, 2.45) is 0 Å². The predicted octanol–water partition coefficient (Wildman–Crippen LogP) is 3.15. The molecule has 2 aromatic carbocycles. The van der Waals surface area contributed by atoms with Crippen molar-refractivity contribution in [2.45, 2.75) is 24.7 Å². The maximum Gasteiger partial charge on any atom is 0.264 e. The molecular formula is C17H19NO3S. The van der Waals surface area contributed by atoms with Crippen LogP contribution in [-0.4, -0.2) is 22.1 Å². The quantitative estimate of drug-likeness (QED) is 0.873. The molecule has 1 aliphatic rings. The summed E-state index contributed by atoms with van der Waals surface area (Å²) in [5.74, 6) is 0.693. The van der Waals surface area contributed by atoms with Gasteiger partial charge in [0.25, 0.3) is 10.0 Å². The highest BCUT2D eigenvalue weighted by molar-refractivity contribution is 7.92. The van der Waals surface area contributed by atoms with Crippen LogP contribution in [0.1, 0.15) is 17.5 Å². The molecule has 0 fully saturated rings. The van der Waals surface area contributed by atoms with Crippen LogP contribution in [0.3, 0.4) is 0 Å². The van der Waals surface area contributed by atoms with Crippen molar-refractivity contribution in [3.8, 4) is 5.75 Å². The summed E-state index contributed by atoms with van der Waals surface area (Å²) < 4.78 is 32.7. The van der Waals surface area contributed by atoms with Crippen LogP contribution in [0.5, 0.6) is 5.75 Å². The van der Waals surface area contributed by atoms with Gasteiger partial charge in [0.1, 0.15) is 5.75 Å². The van der Waals surface area contributed by atoms with Gasteiger partial charge in [0.05, 0.1) is 17.7 Å². The van der Waals surface area contributed by atoms with Crippen LogP contribution >= 0.6 is 0 Å². The molecule has 0 radical (unpaired) electrons. The Morgan fingerprint density at radius 3 is 2.64 bits per heavy atom. The molecule has 0 aliphatic carbocycles. The number of anilines is 1. The van der Waals surface area contributed by atoms with E-state index in [1.165, 1.54) is 4.31 Å². The van der Waals surface area contributed by atoms with Crippen LogP contribution in [0, 0.1) is 6.92 Å². The minimum atomic E-state index is -3.55. The van der Waals surface area contributed by atoms with Gasteiger partial charge in [-0.1, -0.05) is 18.2 Å². The van der Waals surface area contributed by atoms with Crippen molar-refractivity contribution in [3.63, 3.8) is 0 Å². The Morgan fingerprint density at radius 1 is 1.14 bits per heavy atom. The van der Waals surface area contributed by atoms with Gasteiger partial charge < -0.3 is 4.74 Å². The zero-order valence-electron chi connectivity index (χ0n) is 12.7. The molecule has 22 heavy (non-hydrogen) atoms. The van der Waals surface area contributed by atoms with E-state index in [-0.39, 0.29) is 0 Å². The number of nitrogens with zero attached hydrogens (tertiary/aromatic N) is 1. The van der Waals surface area contributed by atoms with E-state index in [2.05, 4.69) is 0 Å². The lowest BCUT2D eigenvalue weighted by atomic mass is 10.0. The zero-order chi connectivity index (χ0) is 15.7. The first-order valence-electron chi connectivity index (χ1n) is 7.29. The van der Waals surface area contributed by atoms with Gasteiger partial charge in [-0.25, -0.2) is 8.42 Å². The second kappa shape index (κ2) is 5.65. The first kappa shape index (κ1) is 14.9. The van der Waals surface area contributed by atoms with Gasteiger partial charge in [0.2, 0.25) is 0 Å². The van der Waals surface area contributed by atoms with Crippen LogP contribution in [0.15, 0.2) is 47.4 Å². The van der Waals surface area contributed by atoms with E-state index in [1.54, 1.807) is 25.3 Å². The zero-order valence-corrected chi connectivity index (χ0v) is 13.6. The second-order valence-electron chi connectivity index (χ2n) is 5.44. The van der Waals surface area contributed by atoms with E-state index in [0.29, 0.717) is 17.2 Å². The first-order chi connectivity index (χ1) is 10.5. The fraction of sp³-hybridized carbons (Fsp3) is 0.294. The average Bonchev–Trinajstić information content (AvgIpc) is 2.54. The Bertz CT molecular complexity index is 799. The number of methoxy groups -OCH3 is 1. The van der Waals surface area contributed by atoms with Crippen molar-refractivity contribution in [1.29, 1.82) is 0 Å². The lowest BCUT2D eigenvalue weighted by Crippen LogP contribution is -2.35. The van der Waals surface area contributed by atoms with Crippen molar-refractivity contribution in [2.75, 3.05) is 18.0 Å². The largest absolute Gasteiger partial charge is 0.496 e. The lowest BCUT2D eigenvalue weighted by Gasteiger charge is -2.30. The molecule has 0 aromatic heterocycles. The highest BCUT2D eigenvalue weighted by Gasteiger charge is 2.29. The highest BCUT2D eigenvalue weighted by atomic mass is 32.2. The number of fused-ring (bicyclic) bond motifs is 1. The van der Waals surface area contributed by atoms with E-state index in [9.17, 15) is 8.42 Å². The number of rotatable bonds is 3. The van der Waals surface area contributed by atoms with Crippen LogP contribution in [0.25, 0.3) is 0 Å². The summed E-state index contributed by atoms with van der Waals surface area (Å²) in [5.41, 5.74) is 2.69. The molecule has 1 aliphatic heterocycles. The molecule has 0 spiro atoms. The summed E-state index contributed by atoms with van der Waals surface area (Å²) in [7, 11) is -1.96. The van der Waals surface area contributed by atoms with Gasteiger partial charge in [-0.2, -0.15) is 0 Å². The SMILES string of the molecule is COc1ccc(S(=O)(=O)N2CCCc3ccccc32)cc1C. The molecule has 5 heteroatoms. The number of aryl methyl sites for hydroxylation is 2. The molecule has 0 bridgehead atoms. The molecule has 116 valence electrons. The number of hydrogen-bond donors (Lipinski definition) is 0. The summed E-state index contributed by atoms with van der Waals surface area (Å²) in [6.45, 7) is 2.37. The molecule has 0 saturated carbocycles. The molecule has 0 amide bonds. The number of para-hydroxylation sites is 1. The summed E-state index contributed by atoms with van der Waals surface area (Å²) in [4.78, 5) is 0.308. The summed E-state index contributed by atoms with van der Waals surface area (Å²) in [6, 6.07) is 12.7. The molecule has 4 nitrogen and oxygen atoms in total. The molecule has 3 rings (SSSR count). The minimum absolute atomic E-state index is 0.308. The highest BCUT2D eigenvalue weighted by Crippen LogP contribution is 2.32. The van der Waals surface area contributed by atoms with Gasteiger partial charge in [-0.05, 0) is 55.2 Å². The van der Waals surface area contributed by atoms with Gasteiger partial charge in [0.15, 0.2) is 0 Å². The van der Waals surface area contributed by atoms with E-state index in [1.807, 2.05) is 31.2 Å². The number of hydrogen-bond acceptors (Lipinski definition) is 3. The Kier molecular flexibility index (Phi) is 3.83. The fourth-order valence-corrected chi connectivity index (χ4v) is 4.51. The molecule has 1 heterocycles. The van der Waals surface area contributed by atoms with Crippen LogP contribution in [0.2, 0.25) is 0 Å². The number of benzene rings is 2. The van der Waals surface area contributed by atoms with Crippen molar-refractivity contribution in [1.82, 2.24) is 0 Å². The number of sulfonamides is 1.